The molecule has 0 unspecified atom stereocenters. The van der Waals surface area contributed by atoms with Crippen LogP contribution < -0.4 is 40.8 Å². The second-order valence-corrected chi connectivity index (χ2v) is 0.970. The van der Waals surface area contributed by atoms with Crippen molar-refractivity contribution in [2.45, 2.75) is 0 Å². The third-order valence-electron chi connectivity index (χ3n) is 0.337. The van der Waals surface area contributed by atoms with Crippen LogP contribution in [0.25, 0.3) is 0 Å². The van der Waals surface area contributed by atoms with Gasteiger partial charge in [-0.2, -0.15) is 0 Å². The molecule has 0 spiro atoms. The Morgan fingerprint density at radius 1 is 1.17 bits per heavy atom. The topological polar surface area (TPSA) is 148 Å². The molecule has 0 aliphatic heterocycles. The number of carboxylic acid groups (broad SMARTS) is 2. The third-order valence-corrected chi connectivity index (χ3v) is 0.337. The van der Waals surface area contributed by atoms with Gasteiger partial charge in [-0.15, -0.1) is 0 Å². The molecule has 0 aromatic rings. The number of ether oxygens (including phenoxy) is 2. The molecule has 0 aliphatic carbocycles. The van der Waals surface area contributed by atoms with Crippen molar-refractivity contribution in [1.29, 1.82) is 0 Å². The van der Waals surface area contributed by atoms with E-state index in [-0.39, 0.29) is 35.7 Å². The molecule has 0 aliphatic rings. The zero-order chi connectivity index (χ0) is 8.15. The minimum atomic E-state index is -2.17. The molecule has 64 valence electrons. The zero-order valence-corrected chi connectivity index (χ0v) is 8.10. The van der Waals surface area contributed by atoms with Gasteiger partial charge in [0.25, 0.3) is 6.16 Å². The van der Waals surface area contributed by atoms with E-state index in [1.54, 1.807) is 0 Å². The van der Waals surface area contributed by atoms with E-state index < -0.39 is 18.5 Å². The standard InChI is InChI=1S/C3H2O7.H3N.Na/c4-1(5)9-3(8)10-2(6)7;;/h(H,4,5)(H,6,7);1H3;/q;;+1/p-1. The van der Waals surface area contributed by atoms with Gasteiger partial charge >= 0.3 is 41.9 Å². The summed E-state index contributed by atoms with van der Waals surface area (Å²) in [5.74, 6) is 0. The predicted octanol–water partition coefficient (Wildman–Crippen LogP) is -3.67. The molecule has 0 aromatic heterocycles. The van der Waals surface area contributed by atoms with Gasteiger partial charge in [-0.25, -0.2) is 9.59 Å². The van der Waals surface area contributed by atoms with Gasteiger partial charge in [0, 0.05) is 0 Å². The fourth-order valence-electron chi connectivity index (χ4n) is 0.160. The Morgan fingerprint density at radius 2 is 1.58 bits per heavy atom. The molecule has 0 radical (unpaired) electrons. The summed E-state index contributed by atoms with van der Waals surface area (Å²) in [7, 11) is 0. The molecule has 0 heterocycles. The number of hydrogen-bond donors (Lipinski definition) is 2. The largest absolute Gasteiger partial charge is 1.00 e. The van der Waals surface area contributed by atoms with Crippen molar-refractivity contribution in [1.82, 2.24) is 6.15 Å². The van der Waals surface area contributed by atoms with Gasteiger partial charge in [0.1, 0.15) is 0 Å². The normalized spacial score (nSPS) is 6.67. The summed E-state index contributed by atoms with van der Waals surface area (Å²) in [4.78, 5) is 28.6. The number of carbonyl (C=O) groups excluding carboxylic acids is 2. The zero-order valence-electron chi connectivity index (χ0n) is 6.10. The molecule has 0 atom stereocenters. The van der Waals surface area contributed by atoms with Crippen molar-refractivity contribution in [2.75, 3.05) is 0 Å². The second-order valence-electron chi connectivity index (χ2n) is 0.970. The summed E-state index contributed by atoms with van der Waals surface area (Å²) in [5, 5.41) is 17.0. The van der Waals surface area contributed by atoms with Crippen LogP contribution in [0.1, 0.15) is 0 Å². The van der Waals surface area contributed by atoms with Gasteiger partial charge < -0.3 is 30.6 Å². The fourth-order valence-corrected chi connectivity index (χ4v) is 0.160. The second kappa shape index (κ2) is 8.27. The monoisotopic (exact) mass is 189 g/mol. The average Bonchev–Trinajstić information content (AvgIpc) is 1.58. The summed E-state index contributed by atoms with van der Waals surface area (Å²) in [5.41, 5.74) is 0. The van der Waals surface area contributed by atoms with E-state index in [4.69, 9.17) is 5.11 Å². The average molecular weight is 189 g/mol. The first-order chi connectivity index (χ1) is 4.52. The first kappa shape index (κ1) is 17.3. The summed E-state index contributed by atoms with van der Waals surface area (Å²) in [6, 6.07) is 0. The SMILES string of the molecule is N.O=C([O-])OC(=O)OC(=O)O.[Na+]. The Balaban J connectivity index is -0.000000405. The van der Waals surface area contributed by atoms with E-state index >= 15 is 0 Å². The van der Waals surface area contributed by atoms with Crippen molar-refractivity contribution in [3.8, 4) is 0 Å². The molecule has 9 heteroatoms. The van der Waals surface area contributed by atoms with Crippen LogP contribution in [0.5, 0.6) is 0 Å². The molecular weight excluding hydrogens is 185 g/mol. The van der Waals surface area contributed by atoms with Crippen LogP contribution in [-0.2, 0) is 9.47 Å². The van der Waals surface area contributed by atoms with Gasteiger partial charge in [-0.05, 0) is 0 Å². The first-order valence-electron chi connectivity index (χ1n) is 1.86. The van der Waals surface area contributed by atoms with E-state index in [1.807, 2.05) is 0 Å². The molecule has 0 fully saturated rings. The molecule has 12 heavy (non-hydrogen) atoms. The molecule has 8 nitrogen and oxygen atoms in total. The fraction of sp³-hybridized carbons (Fsp3) is 0. The van der Waals surface area contributed by atoms with Gasteiger partial charge in [0.2, 0.25) is 0 Å². The van der Waals surface area contributed by atoms with Crippen LogP contribution in [0.4, 0.5) is 14.4 Å². The van der Waals surface area contributed by atoms with Gasteiger partial charge in [0.15, 0.2) is 0 Å². The maximum Gasteiger partial charge on any atom is 1.00 e. The maximum atomic E-state index is 9.82. The van der Waals surface area contributed by atoms with Crippen LogP contribution in [0.2, 0.25) is 0 Å². The van der Waals surface area contributed by atoms with E-state index in [0.29, 0.717) is 0 Å². The van der Waals surface area contributed by atoms with E-state index in [0.717, 1.165) is 0 Å². The molecule has 0 saturated carbocycles. The van der Waals surface area contributed by atoms with Crippen LogP contribution >= 0.6 is 0 Å². The summed E-state index contributed by atoms with van der Waals surface area (Å²) in [6.07, 6.45) is -5.98. The van der Waals surface area contributed by atoms with Crippen molar-refractivity contribution >= 4 is 18.5 Å². The minimum Gasteiger partial charge on any atom is -0.452 e. The Morgan fingerprint density at radius 3 is 1.83 bits per heavy atom. The minimum absolute atomic E-state index is 0. The van der Waals surface area contributed by atoms with Crippen molar-refractivity contribution < 1.29 is 63.6 Å². The number of carbonyl (C=O) groups is 3. The molecule has 0 amide bonds. The van der Waals surface area contributed by atoms with Crippen LogP contribution in [0.15, 0.2) is 0 Å². The number of rotatable bonds is 0. The summed E-state index contributed by atoms with van der Waals surface area (Å²) < 4.78 is 6.32. The van der Waals surface area contributed by atoms with Gasteiger partial charge in [0.05, 0.1) is 0 Å². The molecule has 0 aromatic carbocycles. The third kappa shape index (κ3) is 11.9. The van der Waals surface area contributed by atoms with Crippen molar-refractivity contribution in [3.05, 3.63) is 0 Å². The van der Waals surface area contributed by atoms with E-state index in [2.05, 4.69) is 9.47 Å². The molecular formula is C3H4NNaO7. The van der Waals surface area contributed by atoms with E-state index in [1.165, 1.54) is 0 Å². The maximum absolute atomic E-state index is 9.82. The quantitative estimate of drug-likeness (QED) is 0.225. The van der Waals surface area contributed by atoms with Crippen LogP contribution in [-0.4, -0.2) is 23.6 Å². The Bertz CT molecular complexity index is 161. The Hall–Kier alpha value is -0.830. The predicted molar refractivity (Wildman–Crippen MR) is 26.0 cm³/mol. The Kier molecular flexibility index (Phi) is 11.9. The number of hydrogen-bond acceptors (Lipinski definition) is 7. The van der Waals surface area contributed by atoms with Crippen molar-refractivity contribution in [2.24, 2.45) is 0 Å². The molecule has 0 saturated heterocycles. The molecule has 4 N–H and O–H groups in total. The molecule has 0 bridgehead atoms. The smallest absolute Gasteiger partial charge is 0.452 e. The van der Waals surface area contributed by atoms with Crippen molar-refractivity contribution in [3.63, 3.8) is 0 Å². The summed E-state index contributed by atoms with van der Waals surface area (Å²) in [6.45, 7) is 0. The van der Waals surface area contributed by atoms with Gasteiger partial charge in [-0.3, -0.25) is 0 Å². The summed E-state index contributed by atoms with van der Waals surface area (Å²) >= 11 is 0. The van der Waals surface area contributed by atoms with E-state index in [9.17, 15) is 19.5 Å². The van der Waals surface area contributed by atoms with Gasteiger partial charge in [-0.1, -0.05) is 0 Å². The first-order valence-corrected chi connectivity index (χ1v) is 1.86. The molecule has 0 rings (SSSR count). The Labute approximate surface area is 88.3 Å². The van der Waals surface area contributed by atoms with Crippen LogP contribution in [0.3, 0.4) is 0 Å². The van der Waals surface area contributed by atoms with Crippen LogP contribution in [0, 0.1) is 0 Å².